The smallest absolute Gasteiger partial charge is 0.186 e. The monoisotopic (exact) mass is 236 g/mol. The summed E-state index contributed by atoms with van der Waals surface area (Å²) < 4.78 is 10.1. The minimum atomic E-state index is -1.84. The Bertz CT molecular complexity index is 250. The van der Waals surface area contributed by atoms with E-state index in [9.17, 15) is 20.4 Å². The molecule has 0 saturated carbocycles. The van der Waals surface area contributed by atoms with E-state index in [1.54, 1.807) is 0 Å². The molecular formula is C10H20O6. The van der Waals surface area contributed by atoms with Gasteiger partial charge in [-0.15, -0.1) is 0 Å². The van der Waals surface area contributed by atoms with E-state index >= 15 is 0 Å². The number of rotatable bonds is 2. The first-order valence-corrected chi connectivity index (χ1v) is 5.15. The summed E-state index contributed by atoms with van der Waals surface area (Å²) >= 11 is 0. The average Bonchev–Trinajstić information content (AvgIpc) is 2.15. The second kappa shape index (κ2) is 4.21. The second-order valence-corrected chi connectivity index (χ2v) is 4.64. The van der Waals surface area contributed by atoms with Crippen molar-refractivity contribution in [2.75, 3.05) is 7.11 Å². The van der Waals surface area contributed by atoms with Crippen LogP contribution in [0.3, 0.4) is 0 Å². The van der Waals surface area contributed by atoms with Crippen LogP contribution >= 0.6 is 0 Å². The second-order valence-electron chi connectivity index (χ2n) is 4.64. The van der Waals surface area contributed by atoms with Gasteiger partial charge in [-0.05, 0) is 20.8 Å². The Morgan fingerprint density at radius 2 is 1.75 bits per heavy atom. The molecule has 96 valence electrons. The highest BCUT2D eigenvalue weighted by atomic mass is 16.7. The minimum absolute atomic E-state index is 1.01. The third-order valence-electron chi connectivity index (χ3n) is 3.36. The van der Waals surface area contributed by atoms with Crippen LogP contribution in [0.4, 0.5) is 0 Å². The predicted molar refractivity (Wildman–Crippen MR) is 54.6 cm³/mol. The number of ether oxygens (including phenoxy) is 2. The van der Waals surface area contributed by atoms with Gasteiger partial charge in [0.1, 0.15) is 23.4 Å². The third kappa shape index (κ3) is 1.85. The Labute approximate surface area is 94.4 Å². The lowest BCUT2D eigenvalue weighted by atomic mass is 9.73. The maximum atomic E-state index is 10.2. The number of hydrogen-bond donors (Lipinski definition) is 4. The molecule has 1 saturated heterocycles. The van der Waals surface area contributed by atoms with Gasteiger partial charge in [-0.2, -0.15) is 0 Å². The summed E-state index contributed by atoms with van der Waals surface area (Å²) in [5.41, 5.74) is -3.62. The summed E-state index contributed by atoms with van der Waals surface area (Å²) in [6, 6.07) is 0. The average molecular weight is 236 g/mol. The fraction of sp³-hybridized carbons (Fsp3) is 1.00. The van der Waals surface area contributed by atoms with Crippen LogP contribution in [0.15, 0.2) is 0 Å². The highest BCUT2D eigenvalue weighted by Crippen LogP contribution is 2.39. The molecule has 1 unspecified atom stereocenters. The van der Waals surface area contributed by atoms with Gasteiger partial charge in [0.2, 0.25) is 0 Å². The van der Waals surface area contributed by atoms with Crippen molar-refractivity contribution >= 4 is 0 Å². The van der Waals surface area contributed by atoms with Crippen molar-refractivity contribution in [2.45, 2.75) is 56.6 Å². The van der Waals surface area contributed by atoms with Gasteiger partial charge in [0.05, 0.1) is 6.10 Å². The topological polar surface area (TPSA) is 99.4 Å². The highest BCUT2D eigenvalue weighted by Gasteiger charge is 2.60. The zero-order valence-corrected chi connectivity index (χ0v) is 9.91. The van der Waals surface area contributed by atoms with Crippen LogP contribution in [0.2, 0.25) is 0 Å². The molecule has 1 aliphatic heterocycles. The van der Waals surface area contributed by atoms with Gasteiger partial charge >= 0.3 is 0 Å². The molecular weight excluding hydrogens is 216 g/mol. The summed E-state index contributed by atoms with van der Waals surface area (Å²) in [6.07, 6.45) is -4.54. The molecule has 4 N–H and O–H groups in total. The Kier molecular flexibility index (Phi) is 3.64. The number of methoxy groups -OCH3 is 1. The molecule has 0 amide bonds. The molecule has 6 nitrogen and oxygen atoms in total. The molecule has 0 aromatic heterocycles. The van der Waals surface area contributed by atoms with E-state index in [0.29, 0.717) is 0 Å². The first kappa shape index (κ1) is 13.8. The molecule has 0 bridgehead atoms. The van der Waals surface area contributed by atoms with Crippen molar-refractivity contribution in [3.8, 4) is 0 Å². The van der Waals surface area contributed by atoms with E-state index in [-0.39, 0.29) is 0 Å². The van der Waals surface area contributed by atoms with Crippen LogP contribution in [0.5, 0.6) is 0 Å². The van der Waals surface area contributed by atoms with Gasteiger partial charge < -0.3 is 29.9 Å². The summed E-state index contributed by atoms with van der Waals surface area (Å²) in [7, 11) is 1.31. The lowest BCUT2D eigenvalue weighted by molar-refractivity contribution is -0.359. The maximum Gasteiger partial charge on any atom is 0.186 e. The largest absolute Gasteiger partial charge is 0.391 e. The maximum absolute atomic E-state index is 10.2. The summed E-state index contributed by atoms with van der Waals surface area (Å²) in [5, 5.41) is 39.6. The molecule has 1 fully saturated rings. The van der Waals surface area contributed by atoms with Crippen molar-refractivity contribution < 1.29 is 29.9 Å². The Morgan fingerprint density at radius 3 is 2.12 bits per heavy atom. The van der Waals surface area contributed by atoms with E-state index in [4.69, 9.17) is 9.47 Å². The van der Waals surface area contributed by atoms with Crippen LogP contribution in [0.25, 0.3) is 0 Å². The fourth-order valence-corrected chi connectivity index (χ4v) is 1.97. The van der Waals surface area contributed by atoms with Crippen molar-refractivity contribution in [3.63, 3.8) is 0 Å². The van der Waals surface area contributed by atoms with E-state index in [2.05, 4.69) is 0 Å². The van der Waals surface area contributed by atoms with E-state index in [1.807, 2.05) is 0 Å². The molecule has 16 heavy (non-hydrogen) atoms. The normalized spacial score (nSPS) is 51.4. The standard InChI is InChI=1S/C10H20O6/c1-5(11)7-10(3,14)9(2,13)6(12)8(15-4)16-7/h5-8,11-14H,1-4H3/t5?,6-,7+,8-,9+,10+/m0/s1. The van der Waals surface area contributed by atoms with Gasteiger partial charge in [-0.1, -0.05) is 0 Å². The number of hydrogen-bond acceptors (Lipinski definition) is 6. The van der Waals surface area contributed by atoms with Gasteiger partial charge in [0.15, 0.2) is 6.29 Å². The van der Waals surface area contributed by atoms with Crippen molar-refractivity contribution in [1.82, 2.24) is 0 Å². The van der Waals surface area contributed by atoms with Crippen LogP contribution in [-0.2, 0) is 9.47 Å². The highest BCUT2D eigenvalue weighted by molar-refractivity contribution is 5.08. The zero-order valence-electron chi connectivity index (χ0n) is 9.91. The Morgan fingerprint density at radius 1 is 1.25 bits per heavy atom. The zero-order chi connectivity index (χ0) is 12.7. The van der Waals surface area contributed by atoms with Crippen LogP contribution in [-0.4, -0.2) is 63.3 Å². The third-order valence-corrected chi connectivity index (χ3v) is 3.36. The number of aliphatic hydroxyl groups is 4. The minimum Gasteiger partial charge on any atom is -0.391 e. The Balaban J connectivity index is 3.08. The number of aliphatic hydroxyl groups excluding tert-OH is 2. The van der Waals surface area contributed by atoms with Gasteiger partial charge in [-0.25, -0.2) is 0 Å². The Hall–Kier alpha value is -0.240. The molecule has 0 radical (unpaired) electrons. The SMILES string of the molecule is CO[C@H]1O[C@H](C(C)O)[C@@](C)(O)[C@](C)(O)[C@H]1O. The van der Waals surface area contributed by atoms with Gasteiger partial charge in [0, 0.05) is 7.11 Å². The quantitative estimate of drug-likeness (QED) is 0.471. The summed E-state index contributed by atoms with van der Waals surface area (Å²) in [5.74, 6) is 0. The molecule has 6 heteroatoms. The van der Waals surface area contributed by atoms with Crippen molar-refractivity contribution in [1.29, 1.82) is 0 Å². The molecule has 0 aromatic carbocycles. The molecule has 6 atom stereocenters. The molecule has 1 aliphatic rings. The molecule has 0 spiro atoms. The van der Waals surface area contributed by atoms with E-state index < -0.39 is 35.8 Å². The first-order valence-electron chi connectivity index (χ1n) is 5.15. The fourth-order valence-electron chi connectivity index (χ4n) is 1.97. The molecule has 1 heterocycles. The van der Waals surface area contributed by atoms with Crippen LogP contribution < -0.4 is 0 Å². The van der Waals surface area contributed by atoms with Gasteiger partial charge in [-0.3, -0.25) is 0 Å². The van der Waals surface area contributed by atoms with Crippen LogP contribution in [0, 0.1) is 0 Å². The van der Waals surface area contributed by atoms with Crippen molar-refractivity contribution in [3.05, 3.63) is 0 Å². The van der Waals surface area contributed by atoms with E-state index in [1.165, 1.54) is 27.9 Å². The van der Waals surface area contributed by atoms with Crippen LogP contribution in [0.1, 0.15) is 20.8 Å². The first-order chi connectivity index (χ1) is 7.16. The summed E-state index contributed by atoms with van der Waals surface area (Å²) in [4.78, 5) is 0. The summed E-state index contributed by atoms with van der Waals surface area (Å²) in [6.45, 7) is 4.01. The molecule has 0 aliphatic carbocycles. The lowest BCUT2D eigenvalue weighted by Crippen LogP contribution is -2.73. The predicted octanol–water partition coefficient (Wildman–Crippen LogP) is -1.40. The molecule has 0 aromatic rings. The van der Waals surface area contributed by atoms with Gasteiger partial charge in [0.25, 0.3) is 0 Å². The molecule has 1 rings (SSSR count). The van der Waals surface area contributed by atoms with E-state index in [0.717, 1.165) is 0 Å². The lowest BCUT2D eigenvalue weighted by Gasteiger charge is -2.53. The van der Waals surface area contributed by atoms with Crippen molar-refractivity contribution in [2.24, 2.45) is 0 Å².